The van der Waals surface area contributed by atoms with E-state index in [1.54, 1.807) is 18.0 Å². The number of carbonyl (C=O) groups is 2. The molecule has 0 radical (unpaired) electrons. The monoisotopic (exact) mass is 380 g/mol. The van der Waals surface area contributed by atoms with E-state index in [0.29, 0.717) is 24.1 Å². The van der Waals surface area contributed by atoms with Gasteiger partial charge in [0.1, 0.15) is 11.6 Å². The molecule has 2 amide bonds. The SMILES string of the molecule is CN(Cc1ccccc1Cl)C(=O)CCCNC(=O)c1ccc(F)cc1F. The van der Waals surface area contributed by atoms with Crippen LogP contribution in [-0.2, 0) is 11.3 Å². The fourth-order valence-electron chi connectivity index (χ4n) is 2.37. The second-order valence-corrected chi connectivity index (χ2v) is 6.23. The summed E-state index contributed by atoms with van der Waals surface area (Å²) < 4.78 is 26.4. The van der Waals surface area contributed by atoms with Crippen LogP contribution in [0.4, 0.5) is 8.78 Å². The number of carbonyl (C=O) groups excluding carboxylic acids is 2. The van der Waals surface area contributed by atoms with Gasteiger partial charge >= 0.3 is 0 Å². The third kappa shape index (κ3) is 5.52. The van der Waals surface area contributed by atoms with Crippen molar-refractivity contribution >= 4 is 23.4 Å². The molecule has 0 heterocycles. The molecule has 138 valence electrons. The number of benzene rings is 2. The Bertz CT molecular complexity index is 799. The topological polar surface area (TPSA) is 49.4 Å². The molecule has 0 aliphatic heterocycles. The van der Waals surface area contributed by atoms with Gasteiger partial charge < -0.3 is 10.2 Å². The fraction of sp³-hybridized carbons (Fsp3) is 0.263. The van der Waals surface area contributed by atoms with Crippen LogP contribution >= 0.6 is 11.6 Å². The first-order chi connectivity index (χ1) is 12.4. The quantitative estimate of drug-likeness (QED) is 0.743. The predicted octanol–water partition coefficient (Wildman–Crippen LogP) is 3.79. The van der Waals surface area contributed by atoms with E-state index < -0.39 is 17.5 Å². The van der Waals surface area contributed by atoms with E-state index >= 15 is 0 Å². The highest BCUT2D eigenvalue weighted by molar-refractivity contribution is 6.31. The van der Waals surface area contributed by atoms with Crippen molar-refractivity contribution in [1.82, 2.24) is 10.2 Å². The zero-order valence-electron chi connectivity index (χ0n) is 14.3. The average molecular weight is 381 g/mol. The summed E-state index contributed by atoms with van der Waals surface area (Å²) in [7, 11) is 1.68. The van der Waals surface area contributed by atoms with Crippen molar-refractivity contribution in [3.8, 4) is 0 Å². The molecule has 26 heavy (non-hydrogen) atoms. The van der Waals surface area contributed by atoms with E-state index in [2.05, 4.69) is 5.32 Å². The van der Waals surface area contributed by atoms with Crippen LogP contribution in [0.1, 0.15) is 28.8 Å². The van der Waals surface area contributed by atoms with E-state index in [0.717, 1.165) is 17.7 Å². The Morgan fingerprint density at radius 1 is 1.15 bits per heavy atom. The van der Waals surface area contributed by atoms with E-state index in [-0.39, 0.29) is 24.4 Å². The summed E-state index contributed by atoms with van der Waals surface area (Å²) in [5.74, 6) is -2.39. The molecule has 7 heteroatoms. The number of halogens is 3. The van der Waals surface area contributed by atoms with Crippen LogP contribution < -0.4 is 5.32 Å². The van der Waals surface area contributed by atoms with Crippen LogP contribution in [0.3, 0.4) is 0 Å². The van der Waals surface area contributed by atoms with Crippen molar-refractivity contribution in [2.24, 2.45) is 0 Å². The molecule has 0 aliphatic rings. The van der Waals surface area contributed by atoms with Gasteiger partial charge in [-0.1, -0.05) is 29.8 Å². The molecule has 0 atom stereocenters. The molecule has 0 unspecified atom stereocenters. The average Bonchev–Trinajstić information content (AvgIpc) is 2.60. The molecule has 1 N–H and O–H groups in total. The second kappa shape index (κ2) is 9.29. The maximum atomic E-state index is 13.5. The number of rotatable bonds is 7. The smallest absolute Gasteiger partial charge is 0.254 e. The van der Waals surface area contributed by atoms with Crippen LogP contribution in [0.15, 0.2) is 42.5 Å². The molecule has 2 aromatic rings. The highest BCUT2D eigenvalue weighted by Crippen LogP contribution is 2.17. The third-order valence-corrected chi connectivity index (χ3v) is 4.19. The molecule has 2 rings (SSSR count). The van der Waals surface area contributed by atoms with Gasteiger partial charge in [0.25, 0.3) is 5.91 Å². The van der Waals surface area contributed by atoms with Crippen molar-refractivity contribution in [3.05, 3.63) is 70.2 Å². The lowest BCUT2D eigenvalue weighted by molar-refractivity contribution is -0.130. The third-order valence-electron chi connectivity index (χ3n) is 3.82. The van der Waals surface area contributed by atoms with Crippen molar-refractivity contribution in [3.63, 3.8) is 0 Å². The van der Waals surface area contributed by atoms with Gasteiger partial charge in [0.15, 0.2) is 0 Å². The molecule has 0 bridgehead atoms. The Hall–Kier alpha value is -2.47. The molecule has 0 fully saturated rings. The Kier molecular flexibility index (Phi) is 7.09. The fourth-order valence-corrected chi connectivity index (χ4v) is 2.57. The van der Waals surface area contributed by atoms with Crippen LogP contribution in [0.5, 0.6) is 0 Å². The van der Waals surface area contributed by atoms with Gasteiger partial charge in [0.05, 0.1) is 5.56 Å². The number of hydrogen-bond acceptors (Lipinski definition) is 2. The van der Waals surface area contributed by atoms with Gasteiger partial charge in [0, 0.05) is 37.6 Å². The second-order valence-electron chi connectivity index (χ2n) is 5.82. The normalized spacial score (nSPS) is 10.5. The molecule has 0 spiro atoms. The highest BCUT2D eigenvalue weighted by Gasteiger charge is 2.13. The molecule has 2 aromatic carbocycles. The lowest BCUT2D eigenvalue weighted by atomic mass is 10.2. The Labute approximate surface area is 155 Å². The molecule has 0 saturated carbocycles. The Morgan fingerprint density at radius 2 is 1.88 bits per heavy atom. The van der Waals surface area contributed by atoms with Crippen molar-refractivity contribution in [2.45, 2.75) is 19.4 Å². The number of hydrogen-bond donors (Lipinski definition) is 1. The molecule has 4 nitrogen and oxygen atoms in total. The minimum Gasteiger partial charge on any atom is -0.352 e. The first kappa shape index (κ1) is 19.8. The summed E-state index contributed by atoms with van der Waals surface area (Å²) in [5.41, 5.74) is 0.624. The Morgan fingerprint density at radius 3 is 2.58 bits per heavy atom. The molecular formula is C19H19ClF2N2O2. The van der Waals surface area contributed by atoms with E-state index in [4.69, 9.17) is 11.6 Å². The summed E-state index contributed by atoms with van der Waals surface area (Å²) in [4.78, 5) is 25.5. The maximum absolute atomic E-state index is 13.5. The van der Waals surface area contributed by atoms with Gasteiger partial charge in [-0.05, 0) is 30.2 Å². The van der Waals surface area contributed by atoms with Crippen LogP contribution in [0, 0.1) is 11.6 Å². The van der Waals surface area contributed by atoms with E-state index in [1.807, 2.05) is 18.2 Å². The summed E-state index contributed by atoms with van der Waals surface area (Å²) in [6, 6.07) is 10.0. The first-order valence-corrected chi connectivity index (χ1v) is 8.47. The van der Waals surface area contributed by atoms with Crippen molar-refractivity contribution < 1.29 is 18.4 Å². The van der Waals surface area contributed by atoms with Crippen LogP contribution in [-0.4, -0.2) is 30.3 Å². The summed E-state index contributed by atoms with van der Waals surface area (Å²) >= 11 is 6.08. The van der Waals surface area contributed by atoms with E-state index in [1.165, 1.54) is 0 Å². The zero-order chi connectivity index (χ0) is 19.1. The largest absolute Gasteiger partial charge is 0.352 e. The van der Waals surface area contributed by atoms with Gasteiger partial charge in [-0.25, -0.2) is 8.78 Å². The summed E-state index contributed by atoms with van der Waals surface area (Å²) in [5, 5.41) is 3.12. The number of nitrogens with zero attached hydrogens (tertiary/aromatic N) is 1. The number of nitrogens with one attached hydrogen (secondary N) is 1. The summed E-state index contributed by atoms with van der Waals surface area (Å²) in [6.45, 7) is 0.604. The molecule has 0 aliphatic carbocycles. The zero-order valence-corrected chi connectivity index (χ0v) is 15.0. The Balaban J connectivity index is 1.76. The van der Waals surface area contributed by atoms with Crippen molar-refractivity contribution in [1.29, 1.82) is 0 Å². The van der Waals surface area contributed by atoms with Gasteiger partial charge in [0.2, 0.25) is 5.91 Å². The van der Waals surface area contributed by atoms with Crippen LogP contribution in [0.2, 0.25) is 5.02 Å². The highest BCUT2D eigenvalue weighted by atomic mass is 35.5. The molecule has 0 saturated heterocycles. The first-order valence-electron chi connectivity index (χ1n) is 8.09. The standard InChI is InChI=1S/C19H19ClF2N2O2/c1-24(12-13-5-2-3-6-16(13)20)18(25)7-4-10-23-19(26)15-9-8-14(21)11-17(15)22/h2-3,5-6,8-9,11H,4,7,10,12H2,1H3,(H,23,26). The predicted molar refractivity (Wildman–Crippen MR) is 95.9 cm³/mol. The minimum atomic E-state index is -0.918. The van der Waals surface area contributed by atoms with E-state index in [9.17, 15) is 18.4 Å². The lowest BCUT2D eigenvalue weighted by Crippen LogP contribution is -2.29. The molecular weight excluding hydrogens is 362 g/mol. The maximum Gasteiger partial charge on any atom is 0.254 e. The van der Waals surface area contributed by atoms with Gasteiger partial charge in [-0.2, -0.15) is 0 Å². The number of amides is 2. The van der Waals surface area contributed by atoms with Crippen molar-refractivity contribution in [2.75, 3.05) is 13.6 Å². The van der Waals surface area contributed by atoms with Gasteiger partial charge in [-0.3, -0.25) is 9.59 Å². The lowest BCUT2D eigenvalue weighted by Gasteiger charge is -2.18. The minimum absolute atomic E-state index is 0.0906. The summed E-state index contributed by atoms with van der Waals surface area (Å²) in [6.07, 6.45) is 0.632. The van der Waals surface area contributed by atoms with Crippen LogP contribution in [0.25, 0.3) is 0 Å². The van der Waals surface area contributed by atoms with Gasteiger partial charge in [-0.15, -0.1) is 0 Å². The molecule has 0 aromatic heterocycles.